The van der Waals surface area contributed by atoms with Crippen molar-refractivity contribution >= 4 is 24.3 Å². The average molecular weight is 966 g/mol. The van der Waals surface area contributed by atoms with Crippen LogP contribution in [0.1, 0.15) is 220 Å². The number of fused-ring (bicyclic) bond motifs is 6. The monoisotopic (exact) mass is 965 g/mol. The lowest BCUT2D eigenvalue weighted by molar-refractivity contribution is -0.164. The molecule has 68 heavy (non-hydrogen) atoms. The molecule has 0 radical (unpaired) electrons. The summed E-state index contributed by atoms with van der Waals surface area (Å²) in [5.41, 5.74) is 13.1. The highest BCUT2D eigenvalue weighted by Gasteiger charge is 2.60. The minimum Gasteiger partial charge on any atom is -0.461 e. The minimum absolute atomic E-state index is 0. The fourth-order valence-electron chi connectivity index (χ4n) is 15.7. The Bertz CT molecular complexity index is 2140. The summed E-state index contributed by atoms with van der Waals surface area (Å²) >= 11 is 0. The van der Waals surface area contributed by atoms with E-state index in [2.05, 4.69) is 56.2 Å². The molecule has 12 rings (SSSR count). The van der Waals surface area contributed by atoms with Crippen LogP contribution in [0, 0.1) is 33.5 Å². The van der Waals surface area contributed by atoms with Gasteiger partial charge in [0, 0.05) is 60.3 Å². The smallest absolute Gasteiger partial charge is 0.359 e. The number of nitrogens with zero attached hydrogens (tertiary/aromatic N) is 4. The summed E-state index contributed by atoms with van der Waals surface area (Å²) in [6.45, 7) is 18.8. The molecule has 2 aromatic heterocycles. The third-order valence-corrected chi connectivity index (χ3v) is 19.7. The molecule has 0 aromatic carbocycles. The number of halogens is 1. The van der Waals surface area contributed by atoms with Crippen molar-refractivity contribution in [2.24, 2.45) is 39.2 Å². The predicted octanol–water partition coefficient (Wildman–Crippen LogP) is 9.94. The molecular formula is C54H85ClN6O7. The molecule has 14 heteroatoms. The Morgan fingerprint density at radius 2 is 1.10 bits per heavy atom. The van der Waals surface area contributed by atoms with E-state index in [1.807, 2.05) is 6.92 Å². The molecule has 2 aliphatic heterocycles. The number of nitrogens with two attached hydrogens (primary N) is 1. The van der Waals surface area contributed by atoms with Gasteiger partial charge in [0.15, 0.2) is 23.0 Å². The largest absolute Gasteiger partial charge is 0.461 e. The first-order valence-electron chi connectivity index (χ1n) is 27.0. The molecule has 2 aromatic rings. The number of ether oxygens (including phenoxy) is 5. The van der Waals surface area contributed by atoms with E-state index in [1.54, 1.807) is 0 Å². The first-order valence-corrected chi connectivity index (χ1v) is 27.0. The van der Waals surface area contributed by atoms with E-state index in [1.165, 1.54) is 101 Å². The minimum atomic E-state index is -0.561. The van der Waals surface area contributed by atoms with Gasteiger partial charge >= 0.3 is 5.97 Å². The average Bonchev–Trinajstić information content (AvgIpc) is 4.21. The third-order valence-electron chi connectivity index (χ3n) is 19.7. The van der Waals surface area contributed by atoms with Gasteiger partial charge in [0.25, 0.3) is 5.91 Å². The van der Waals surface area contributed by atoms with E-state index in [-0.39, 0.29) is 41.2 Å². The number of carbonyl (C=O) groups is 2. The van der Waals surface area contributed by atoms with Crippen LogP contribution in [0.5, 0.6) is 0 Å². The molecule has 1 amide bonds. The van der Waals surface area contributed by atoms with Crippen molar-refractivity contribution in [1.29, 1.82) is 0 Å². The van der Waals surface area contributed by atoms with Gasteiger partial charge in [-0.05, 0) is 117 Å². The van der Waals surface area contributed by atoms with Crippen molar-refractivity contribution in [2.75, 3.05) is 33.0 Å². The van der Waals surface area contributed by atoms with E-state index in [9.17, 15) is 9.59 Å². The number of amides is 1. The highest BCUT2D eigenvalue weighted by molar-refractivity contribution is 5.94. The summed E-state index contributed by atoms with van der Waals surface area (Å²) in [6.07, 6.45) is 24.8. The van der Waals surface area contributed by atoms with Crippen molar-refractivity contribution in [1.82, 2.24) is 24.9 Å². The number of carbonyl (C=O) groups excluding carboxylic acids is 2. The van der Waals surface area contributed by atoms with Gasteiger partial charge in [0.2, 0.25) is 0 Å². The van der Waals surface area contributed by atoms with Crippen molar-refractivity contribution < 1.29 is 33.3 Å². The Balaban J connectivity index is 0.000000141. The topological polar surface area (TPSA) is 154 Å². The maximum Gasteiger partial charge on any atom is 0.359 e. The number of esters is 1. The molecule has 2 spiro atoms. The number of rotatable bonds is 6. The lowest BCUT2D eigenvalue weighted by Crippen LogP contribution is -2.52. The van der Waals surface area contributed by atoms with Gasteiger partial charge in [-0.25, -0.2) is 4.79 Å². The summed E-state index contributed by atoms with van der Waals surface area (Å²) in [6, 6.07) is 1.48. The standard InChI is InChI=1S/C26H39N3O3.C18H26N2O4.C10H19N.ClH/c1-24(2)17-9-11-25(3,15-17)23(24)27-22(30)21-19-16-26(31-13-14-32-26)12-10-20(19)29(28-21)18-7-5-4-6-8-18;1-2-22-17(21)16-14-12-18(23-10-11-24-18)9-8-15(14)20(19-16)13-6-4-3-5-7-13;1-9(2)7-4-5-10(3,6-7)8(9)11;/h17-18,23H,4-16H2,1-3H3,(H,27,30);13H,2-12H2,1H3;7-8H,4-6,11H2,1-3H3;1H. The highest BCUT2D eigenvalue weighted by Crippen LogP contribution is 2.63. The summed E-state index contributed by atoms with van der Waals surface area (Å²) in [5, 5.41) is 13.3. The lowest BCUT2D eigenvalue weighted by Gasteiger charge is -2.43. The molecule has 10 aliphatic rings. The van der Waals surface area contributed by atoms with Crippen LogP contribution in [-0.4, -0.2) is 88.1 Å². The summed E-state index contributed by atoms with van der Waals surface area (Å²) in [4.78, 5) is 26.2. The number of nitrogens with one attached hydrogen (secondary N) is 1. The Morgan fingerprint density at radius 1 is 0.647 bits per heavy atom. The molecule has 13 nitrogen and oxygen atoms in total. The molecule has 6 unspecified atom stereocenters. The van der Waals surface area contributed by atoms with Gasteiger partial charge in [-0.3, -0.25) is 14.2 Å². The zero-order valence-corrected chi connectivity index (χ0v) is 43.5. The van der Waals surface area contributed by atoms with Gasteiger partial charge in [-0.1, -0.05) is 80.1 Å². The number of aromatic nitrogens is 4. The molecule has 2 saturated heterocycles. The second kappa shape index (κ2) is 19.1. The lowest BCUT2D eigenvalue weighted by atomic mass is 9.68. The molecule has 4 bridgehead atoms. The quantitative estimate of drug-likeness (QED) is 0.268. The van der Waals surface area contributed by atoms with Gasteiger partial charge in [-0.2, -0.15) is 10.2 Å². The second-order valence-corrected chi connectivity index (χ2v) is 24.5. The summed E-state index contributed by atoms with van der Waals surface area (Å²) < 4.78 is 33.5. The van der Waals surface area contributed by atoms with E-state index >= 15 is 0 Å². The summed E-state index contributed by atoms with van der Waals surface area (Å²) in [7, 11) is 0. The van der Waals surface area contributed by atoms with E-state index in [0.717, 1.165) is 55.6 Å². The SMILES string of the molecule is CC12CCC(C1)C(C)(C)C2N.CC12CCC(C1)C(C)(C)C2NC(=O)c1nn(C2CCCCC2)c2c1CC1(CC2)OCCO1.CCOC(=O)c1nn(C2CCCCC2)c2c1CC1(CC2)OCCO1.Cl. The number of hydrogen-bond donors (Lipinski definition) is 2. The van der Waals surface area contributed by atoms with Crippen LogP contribution in [0.25, 0.3) is 0 Å². The fourth-order valence-corrected chi connectivity index (χ4v) is 15.7. The van der Waals surface area contributed by atoms with E-state index in [4.69, 9.17) is 39.6 Å². The molecule has 380 valence electrons. The Hall–Kier alpha value is -2.55. The first-order chi connectivity index (χ1) is 32.0. The van der Waals surface area contributed by atoms with Gasteiger partial charge in [-0.15, -0.1) is 12.4 Å². The fraction of sp³-hybridized carbons (Fsp3) is 0.852. The maximum atomic E-state index is 13.8. The Kier molecular flexibility index (Phi) is 14.2. The number of hydrogen-bond acceptors (Lipinski definition) is 10. The second-order valence-electron chi connectivity index (χ2n) is 24.5. The van der Waals surface area contributed by atoms with Crippen molar-refractivity contribution in [3.63, 3.8) is 0 Å². The molecule has 4 heterocycles. The van der Waals surface area contributed by atoms with Gasteiger partial charge in [0.1, 0.15) is 0 Å². The molecule has 3 N–H and O–H groups in total. The van der Waals surface area contributed by atoms with Crippen LogP contribution in [0.4, 0.5) is 0 Å². The van der Waals surface area contributed by atoms with Gasteiger partial charge < -0.3 is 34.7 Å². The zero-order valence-electron chi connectivity index (χ0n) is 42.7. The first kappa shape index (κ1) is 50.4. The highest BCUT2D eigenvalue weighted by atomic mass is 35.5. The van der Waals surface area contributed by atoms with E-state index < -0.39 is 11.6 Å². The third kappa shape index (κ3) is 8.93. The predicted molar refractivity (Wildman–Crippen MR) is 263 cm³/mol. The Morgan fingerprint density at radius 3 is 1.53 bits per heavy atom. The van der Waals surface area contributed by atoms with Crippen LogP contribution in [0.3, 0.4) is 0 Å². The van der Waals surface area contributed by atoms with Crippen molar-refractivity contribution in [3.8, 4) is 0 Å². The van der Waals surface area contributed by atoms with Crippen LogP contribution in [0.15, 0.2) is 0 Å². The normalized spacial score (nSPS) is 33.5. The van der Waals surface area contributed by atoms with Crippen LogP contribution < -0.4 is 11.1 Å². The summed E-state index contributed by atoms with van der Waals surface area (Å²) in [5.74, 6) is 0.183. The molecule has 8 fully saturated rings. The van der Waals surface area contributed by atoms with Crippen LogP contribution >= 0.6 is 12.4 Å². The molecule has 6 atom stereocenters. The van der Waals surface area contributed by atoms with E-state index in [0.29, 0.717) is 92.1 Å². The maximum absolute atomic E-state index is 13.8. The zero-order chi connectivity index (χ0) is 47.0. The molecular weight excluding hydrogens is 880 g/mol. The van der Waals surface area contributed by atoms with Crippen LogP contribution in [0.2, 0.25) is 0 Å². The molecule has 6 saturated carbocycles. The van der Waals surface area contributed by atoms with Crippen molar-refractivity contribution in [3.05, 3.63) is 33.9 Å². The molecule has 8 aliphatic carbocycles. The van der Waals surface area contributed by atoms with Crippen LogP contribution in [-0.2, 0) is 49.4 Å². The van der Waals surface area contributed by atoms with Gasteiger partial charge in [0.05, 0.1) is 45.1 Å². The Labute approximate surface area is 412 Å². The van der Waals surface area contributed by atoms with Crippen molar-refractivity contribution in [2.45, 2.75) is 225 Å².